The van der Waals surface area contributed by atoms with E-state index in [2.05, 4.69) is 5.32 Å². The largest absolute Gasteiger partial charge is 0.506 e. The number of carbonyl (C=O) groups is 1. The van der Waals surface area contributed by atoms with E-state index < -0.39 is 34.4 Å². The first-order valence-electron chi connectivity index (χ1n) is 8.66. The van der Waals surface area contributed by atoms with Gasteiger partial charge in [-0.2, -0.15) is 0 Å². The van der Waals surface area contributed by atoms with Gasteiger partial charge in [-0.25, -0.2) is 8.78 Å². The molecule has 144 valence electrons. The third-order valence-electron chi connectivity index (χ3n) is 4.47. The van der Waals surface area contributed by atoms with Gasteiger partial charge >= 0.3 is 0 Å². The Bertz CT molecular complexity index is 1300. The predicted octanol–water partition coefficient (Wildman–Crippen LogP) is 4.23. The van der Waals surface area contributed by atoms with Gasteiger partial charge in [0.2, 0.25) is 0 Å². The third kappa shape index (κ3) is 3.23. The van der Waals surface area contributed by atoms with Crippen LogP contribution in [0.1, 0.15) is 10.4 Å². The number of fused-ring (bicyclic) bond motifs is 1. The van der Waals surface area contributed by atoms with Crippen molar-refractivity contribution < 1.29 is 18.7 Å². The van der Waals surface area contributed by atoms with Crippen LogP contribution < -0.4 is 10.9 Å². The summed E-state index contributed by atoms with van der Waals surface area (Å²) in [5.41, 5.74) is -0.722. The number of para-hydroxylation sites is 2. The van der Waals surface area contributed by atoms with Crippen LogP contribution in [0.5, 0.6) is 5.75 Å². The number of aromatic hydroxyl groups is 1. The van der Waals surface area contributed by atoms with E-state index in [9.17, 15) is 23.5 Å². The minimum Gasteiger partial charge on any atom is -0.506 e. The maximum atomic E-state index is 13.9. The Morgan fingerprint density at radius 2 is 1.62 bits per heavy atom. The maximum Gasteiger partial charge on any atom is 0.272 e. The highest BCUT2D eigenvalue weighted by atomic mass is 19.1. The van der Waals surface area contributed by atoms with E-state index in [0.717, 1.165) is 12.1 Å². The zero-order valence-corrected chi connectivity index (χ0v) is 14.9. The molecule has 0 atom stereocenters. The Balaban J connectivity index is 1.93. The second-order valence-electron chi connectivity index (χ2n) is 6.30. The highest BCUT2D eigenvalue weighted by Gasteiger charge is 2.23. The van der Waals surface area contributed by atoms with Crippen molar-refractivity contribution in [2.24, 2.45) is 0 Å². The van der Waals surface area contributed by atoms with Crippen molar-refractivity contribution in [2.45, 2.75) is 0 Å². The maximum absolute atomic E-state index is 13.9. The van der Waals surface area contributed by atoms with Crippen LogP contribution in [0, 0.1) is 11.6 Å². The molecule has 0 bridgehead atoms. The van der Waals surface area contributed by atoms with Gasteiger partial charge in [-0.3, -0.25) is 14.2 Å². The molecule has 7 heteroatoms. The number of anilines is 1. The number of nitrogens with zero attached hydrogens (tertiary/aromatic N) is 1. The van der Waals surface area contributed by atoms with Crippen molar-refractivity contribution in [1.82, 2.24) is 4.57 Å². The number of nitrogens with one attached hydrogen (secondary N) is 1. The number of pyridine rings is 1. The van der Waals surface area contributed by atoms with Crippen molar-refractivity contribution in [3.8, 4) is 11.4 Å². The third-order valence-corrected chi connectivity index (χ3v) is 4.47. The molecule has 1 heterocycles. The monoisotopic (exact) mass is 392 g/mol. The summed E-state index contributed by atoms with van der Waals surface area (Å²) in [5, 5.41) is 13.1. The molecular formula is C22H14F2N2O3. The number of aromatic nitrogens is 1. The highest BCUT2D eigenvalue weighted by Crippen LogP contribution is 2.28. The van der Waals surface area contributed by atoms with Gasteiger partial charge in [-0.15, -0.1) is 0 Å². The molecule has 4 aromatic rings. The molecule has 1 amide bonds. The summed E-state index contributed by atoms with van der Waals surface area (Å²) in [7, 11) is 0. The summed E-state index contributed by atoms with van der Waals surface area (Å²) in [6.45, 7) is 0. The summed E-state index contributed by atoms with van der Waals surface area (Å²) in [6.07, 6.45) is 0. The molecule has 0 radical (unpaired) electrons. The normalized spacial score (nSPS) is 10.8. The minimum atomic E-state index is -1.01. The van der Waals surface area contributed by atoms with Crippen molar-refractivity contribution >= 4 is 22.5 Å². The molecule has 1 aromatic heterocycles. The number of benzene rings is 3. The van der Waals surface area contributed by atoms with Gasteiger partial charge in [0.05, 0.1) is 11.2 Å². The summed E-state index contributed by atoms with van der Waals surface area (Å²) in [6, 6.07) is 17.8. The van der Waals surface area contributed by atoms with Crippen LogP contribution in [-0.4, -0.2) is 15.6 Å². The zero-order chi connectivity index (χ0) is 20.5. The molecule has 29 heavy (non-hydrogen) atoms. The first-order valence-corrected chi connectivity index (χ1v) is 8.66. The smallest absolute Gasteiger partial charge is 0.272 e. The molecule has 0 aliphatic rings. The van der Waals surface area contributed by atoms with Crippen molar-refractivity contribution in [3.05, 3.63) is 100 Å². The van der Waals surface area contributed by atoms with Gasteiger partial charge < -0.3 is 10.4 Å². The van der Waals surface area contributed by atoms with Gasteiger partial charge in [-0.1, -0.05) is 30.3 Å². The van der Waals surface area contributed by atoms with Gasteiger partial charge in [0.1, 0.15) is 22.9 Å². The fourth-order valence-electron chi connectivity index (χ4n) is 3.14. The average Bonchev–Trinajstić information content (AvgIpc) is 2.71. The first kappa shape index (κ1) is 18.4. The lowest BCUT2D eigenvalue weighted by Crippen LogP contribution is -2.29. The highest BCUT2D eigenvalue weighted by molar-refractivity contribution is 6.09. The van der Waals surface area contributed by atoms with Crippen LogP contribution in [0.15, 0.2) is 77.6 Å². The average molecular weight is 392 g/mol. The number of halogens is 2. The van der Waals surface area contributed by atoms with E-state index in [1.54, 1.807) is 54.6 Å². The van der Waals surface area contributed by atoms with Crippen LogP contribution in [0.4, 0.5) is 14.5 Å². The molecule has 0 saturated carbocycles. The quantitative estimate of drug-likeness (QED) is 0.548. The van der Waals surface area contributed by atoms with Gasteiger partial charge in [0, 0.05) is 17.1 Å². The van der Waals surface area contributed by atoms with Gasteiger partial charge in [-0.05, 0) is 36.4 Å². The van der Waals surface area contributed by atoms with E-state index in [0.29, 0.717) is 17.3 Å². The Morgan fingerprint density at radius 3 is 2.34 bits per heavy atom. The molecule has 0 saturated heterocycles. The SMILES string of the molecule is O=C(Nc1ccc(F)cc1F)c1c(O)c2ccccc2n(-c2ccccc2)c1=O. The lowest BCUT2D eigenvalue weighted by molar-refractivity contribution is 0.102. The summed E-state index contributed by atoms with van der Waals surface area (Å²) in [5.74, 6) is -3.33. The standard InChI is InChI=1S/C22H14F2N2O3/c23-13-10-11-17(16(24)12-13)25-21(28)19-20(27)15-8-4-5-9-18(15)26(22(19)29)14-6-2-1-3-7-14/h1-12,27H,(H,25,28). The molecule has 4 rings (SSSR count). The van der Waals surface area contributed by atoms with Crippen LogP contribution >= 0.6 is 0 Å². The molecule has 2 N–H and O–H groups in total. The molecule has 0 aliphatic heterocycles. The van der Waals surface area contributed by atoms with Crippen LogP contribution in [0.25, 0.3) is 16.6 Å². The fraction of sp³-hybridized carbons (Fsp3) is 0. The molecule has 5 nitrogen and oxygen atoms in total. The molecule has 0 unspecified atom stereocenters. The van der Waals surface area contributed by atoms with Crippen molar-refractivity contribution in [1.29, 1.82) is 0 Å². The van der Waals surface area contributed by atoms with Crippen molar-refractivity contribution in [2.75, 3.05) is 5.32 Å². The van der Waals surface area contributed by atoms with E-state index in [4.69, 9.17) is 0 Å². The summed E-state index contributed by atoms with van der Waals surface area (Å²) in [4.78, 5) is 25.9. The van der Waals surface area contributed by atoms with E-state index in [1.807, 2.05) is 0 Å². The number of rotatable bonds is 3. The lowest BCUT2D eigenvalue weighted by atomic mass is 10.1. The number of carbonyl (C=O) groups excluding carboxylic acids is 1. The molecule has 0 spiro atoms. The molecule has 0 fully saturated rings. The molecule has 0 aliphatic carbocycles. The van der Waals surface area contributed by atoms with Crippen LogP contribution in [0.2, 0.25) is 0 Å². The second-order valence-corrected chi connectivity index (χ2v) is 6.30. The zero-order valence-electron chi connectivity index (χ0n) is 14.9. The lowest BCUT2D eigenvalue weighted by Gasteiger charge is -2.15. The second kappa shape index (κ2) is 7.20. The summed E-state index contributed by atoms with van der Waals surface area (Å²) < 4.78 is 28.3. The Hall–Kier alpha value is -4.00. The number of hydrogen-bond donors (Lipinski definition) is 2. The van der Waals surface area contributed by atoms with E-state index in [1.165, 1.54) is 4.57 Å². The number of hydrogen-bond acceptors (Lipinski definition) is 3. The molecule has 3 aromatic carbocycles. The summed E-state index contributed by atoms with van der Waals surface area (Å²) >= 11 is 0. The van der Waals surface area contributed by atoms with Crippen molar-refractivity contribution in [3.63, 3.8) is 0 Å². The van der Waals surface area contributed by atoms with E-state index in [-0.39, 0.29) is 11.1 Å². The Morgan fingerprint density at radius 1 is 0.931 bits per heavy atom. The minimum absolute atomic E-state index is 0.278. The Labute approximate surface area is 163 Å². The number of amides is 1. The first-order chi connectivity index (χ1) is 14.0. The van der Waals surface area contributed by atoms with Crippen LogP contribution in [-0.2, 0) is 0 Å². The van der Waals surface area contributed by atoms with Gasteiger partial charge in [0.15, 0.2) is 0 Å². The van der Waals surface area contributed by atoms with Gasteiger partial charge in [0.25, 0.3) is 11.5 Å². The topological polar surface area (TPSA) is 71.3 Å². The van der Waals surface area contributed by atoms with E-state index >= 15 is 0 Å². The van der Waals surface area contributed by atoms with Crippen LogP contribution in [0.3, 0.4) is 0 Å². The molecular weight excluding hydrogens is 378 g/mol. The fourth-order valence-corrected chi connectivity index (χ4v) is 3.14. The predicted molar refractivity (Wildman–Crippen MR) is 106 cm³/mol. The Kier molecular flexibility index (Phi) is 4.56.